The molecule has 0 aliphatic carbocycles. The highest BCUT2D eigenvalue weighted by atomic mass is 16.6. The molecule has 0 unspecified atom stereocenters. The normalized spacial score (nSPS) is 16.7. The second-order valence-corrected chi connectivity index (χ2v) is 6.81. The lowest BCUT2D eigenvalue weighted by molar-refractivity contribution is -0.384. The van der Waals surface area contributed by atoms with Crippen LogP contribution in [0.15, 0.2) is 24.3 Å². The van der Waals surface area contributed by atoms with Crippen LogP contribution in [0.25, 0.3) is 10.9 Å². The third kappa shape index (κ3) is 3.88. The highest BCUT2D eigenvalue weighted by Gasteiger charge is 2.32. The number of nitrogens with zero attached hydrogens (tertiary/aromatic N) is 2. The number of benzene rings is 1. The smallest absolute Gasteiger partial charge is 0.270 e. The van der Waals surface area contributed by atoms with E-state index in [1.165, 1.54) is 6.07 Å². The van der Waals surface area contributed by atoms with E-state index < -0.39 is 0 Å². The molecule has 1 aromatic carbocycles. The summed E-state index contributed by atoms with van der Waals surface area (Å²) >= 11 is 0. The van der Waals surface area contributed by atoms with Crippen LogP contribution in [-0.4, -0.2) is 43.3 Å². The average Bonchev–Trinajstić information content (AvgIpc) is 2.60. The van der Waals surface area contributed by atoms with Crippen LogP contribution in [0.2, 0.25) is 0 Å². The lowest BCUT2D eigenvalue weighted by atomic mass is 9.79. The number of rotatable bonds is 6. The maximum absolute atomic E-state index is 11.1. The molecule has 3 rings (SSSR count). The number of piperidine rings is 1. The zero-order chi connectivity index (χ0) is 17.9. The summed E-state index contributed by atoms with van der Waals surface area (Å²) < 4.78 is 5.47. The molecule has 1 saturated heterocycles. The molecular weight excluding hydrogens is 320 g/mol. The van der Waals surface area contributed by atoms with E-state index >= 15 is 0 Å². The third-order valence-corrected chi connectivity index (χ3v) is 4.90. The maximum atomic E-state index is 11.1. The second kappa shape index (κ2) is 7.33. The van der Waals surface area contributed by atoms with Gasteiger partial charge in [-0.3, -0.25) is 15.1 Å². The summed E-state index contributed by atoms with van der Waals surface area (Å²) in [6.45, 7) is 5.36. The van der Waals surface area contributed by atoms with E-state index in [4.69, 9.17) is 4.74 Å². The predicted octanol–water partition coefficient (Wildman–Crippen LogP) is 2.88. The van der Waals surface area contributed by atoms with Crippen molar-refractivity contribution >= 4 is 22.3 Å². The fourth-order valence-corrected chi connectivity index (χ4v) is 3.52. The van der Waals surface area contributed by atoms with Gasteiger partial charge in [-0.2, -0.15) is 0 Å². The van der Waals surface area contributed by atoms with Crippen molar-refractivity contribution < 1.29 is 9.66 Å². The summed E-state index contributed by atoms with van der Waals surface area (Å²) in [6, 6.07) is 6.75. The number of aromatic nitrogens is 1. The number of nitro groups is 1. The standard InChI is InChI=1S/C18H24N4O3/c1-13-9-17(15-10-14(22(23)24)3-4-16(15)21-13)20-11-18(12-25-2)5-7-19-8-6-18/h3-4,9-10,19H,5-8,11-12H2,1-2H3,(H,20,21). The van der Waals surface area contributed by atoms with E-state index in [9.17, 15) is 10.1 Å². The molecule has 2 aromatic rings. The molecule has 0 bridgehead atoms. The number of methoxy groups -OCH3 is 1. The van der Waals surface area contributed by atoms with Crippen LogP contribution in [0.5, 0.6) is 0 Å². The summed E-state index contributed by atoms with van der Waals surface area (Å²) in [5, 5.41) is 18.8. The number of fused-ring (bicyclic) bond motifs is 1. The molecule has 2 N–H and O–H groups in total. The van der Waals surface area contributed by atoms with Gasteiger partial charge in [0.05, 0.1) is 17.0 Å². The van der Waals surface area contributed by atoms with Gasteiger partial charge >= 0.3 is 0 Å². The fraction of sp³-hybridized carbons (Fsp3) is 0.500. The van der Waals surface area contributed by atoms with Gasteiger partial charge in [-0.25, -0.2) is 0 Å². The molecule has 0 saturated carbocycles. The van der Waals surface area contributed by atoms with Crippen molar-refractivity contribution in [1.29, 1.82) is 0 Å². The molecule has 0 spiro atoms. The number of ether oxygens (including phenoxy) is 1. The van der Waals surface area contributed by atoms with E-state index in [0.717, 1.165) is 54.8 Å². The van der Waals surface area contributed by atoms with Gasteiger partial charge < -0.3 is 15.4 Å². The van der Waals surface area contributed by atoms with E-state index in [-0.39, 0.29) is 16.0 Å². The Kier molecular flexibility index (Phi) is 5.15. The van der Waals surface area contributed by atoms with Gasteiger partial charge in [0.25, 0.3) is 5.69 Å². The van der Waals surface area contributed by atoms with Gasteiger partial charge in [0.1, 0.15) is 0 Å². The molecule has 134 valence electrons. The first-order chi connectivity index (χ1) is 12.0. The van der Waals surface area contributed by atoms with E-state index in [1.807, 2.05) is 13.0 Å². The van der Waals surface area contributed by atoms with Crippen LogP contribution in [0.3, 0.4) is 0 Å². The molecule has 7 heteroatoms. The van der Waals surface area contributed by atoms with Gasteiger partial charge in [-0.15, -0.1) is 0 Å². The van der Waals surface area contributed by atoms with Crippen molar-refractivity contribution in [2.45, 2.75) is 19.8 Å². The molecule has 1 aromatic heterocycles. The quantitative estimate of drug-likeness (QED) is 0.619. The number of aryl methyl sites for hydroxylation is 1. The number of non-ortho nitro benzene ring substituents is 1. The van der Waals surface area contributed by atoms with Crippen LogP contribution < -0.4 is 10.6 Å². The van der Waals surface area contributed by atoms with Gasteiger partial charge in [-0.05, 0) is 45.0 Å². The summed E-state index contributed by atoms with van der Waals surface area (Å²) in [5.41, 5.74) is 2.69. The molecule has 1 aliphatic heterocycles. The Balaban J connectivity index is 1.91. The molecule has 25 heavy (non-hydrogen) atoms. The first-order valence-electron chi connectivity index (χ1n) is 8.52. The Bertz CT molecular complexity index is 767. The minimum atomic E-state index is -0.373. The van der Waals surface area contributed by atoms with Crippen molar-refractivity contribution in [3.63, 3.8) is 0 Å². The van der Waals surface area contributed by atoms with Crippen LogP contribution in [-0.2, 0) is 4.74 Å². The van der Waals surface area contributed by atoms with E-state index in [1.54, 1.807) is 19.2 Å². The van der Waals surface area contributed by atoms with Crippen molar-refractivity contribution in [3.8, 4) is 0 Å². The fourth-order valence-electron chi connectivity index (χ4n) is 3.52. The molecule has 0 atom stereocenters. The zero-order valence-corrected chi connectivity index (χ0v) is 14.7. The first kappa shape index (κ1) is 17.6. The molecule has 0 amide bonds. The van der Waals surface area contributed by atoms with Gasteiger partial charge in [0.2, 0.25) is 0 Å². The summed E-state index contributed by atoms with van der Waals surface area (Å²) in [6.07, 6.45) is 2.08. The van der Waals surface area contributed by atoms with Crippen molar-refractivity contribution in [2.24, 2.45) is 5.41 Å². The molecule has 2 heterocycles. The number of pyridine rings is 1. The molecular formula is C18H24N4O3. The van der Waals surface area contributed by atoms with Gasteiger partial charge in [0, 0.05) is 48.0 Å². The Labute approximate surface area is 146 Å². The zero-order valence-electron chi connectivity index (χ0n) is 14.7. The largest absolute Gasteiger partial charge is 0.384 e. The Morgan fingerprint density at radius 1 is 1.36 bits per heavy atom. The van der Waals surface area contributed by atoms with Crippen LogP contribution in [0, 0.1) is 22.5 Å². The number of hydrogen-bond donors (Lipinski definition) is 2. The minimum Gasteiger partial charge on any atom is -0.384 e. The molecule has 1 fully saturated rings. The first-order valence-corrected chi connectivity index (χ1v) is 8.52. The lowest BCUT2D eigenvalue weighted by Gasteiger charge is -2.37. The van der Waals surface area contributed by atoms with Crippen molar-refractivity contribution in [1.82, 2.24) is 10.3 Å². The molecule has 7 nitrogen and oxygen atoms in total. The number of nitro benzene ring substituents is 1. The van der Waals surface area contributed by atoms with E-state index in [2.05, 4.69) is 15.6 Å². The molecule has 1 aliphatic rings. The predicted molar refractivity (Wildman–Crippen MR) is 98.0 cm³/mol. The van der Waals surface area contributed by atoms with E-state index in [0.29, 0.717) is 6.61 Å². The van der Waals surface area contributed by atoms with Crippen LogP contribution >= 0.6 is 0 Å². The number of nitrogens with one attached hydrogen (secondary N) is 2. The lowest BCUT2D eigenvalue weighted by Crippen LogP contribution is -2.44. The van der Waals surface area contributed by atoms with Gasteiger partial charge in [0.15, 0.2) is 0 Å². The number of hydrogen-bond acceptors (Lipinski definition) is 6. The Hall–Kier alpha value is -2.25. The van der Waals surface area contributed by atoms with Gasteiger partial charge in [-0.1, -0.05) is 0 Å². The highest BCUT2D eigenvalue weighted by molar-refractivity contribution is 5.93. The highest BCUT2D eigenvalue weighted by Crippen LogP contribution is 2.32. The van der Waals surface area contributed by atoms with Crippen LogP contribution in [0.1, 0.15) is 18.5 Å². The van der Waals surface area contributed by atoms with Crippen molar-refractivity contribution in [3.05, 3.63) is 40.1 Å². The Morgan fingerprint density at radius 3 is 2.80 bits per heavy atom. The summed E-state index contributed by atoms with van der Waals surface area (Å²) in [7, 11) is 1.74. The number of anilines is 1. The molecule has 0 radical (unpaired) electrons. The SMILES string of the molecule is COCC1(CNc2cc(C)nc3ccc([N+](=O)[O-])cc23)CCNCC1. The average molecular weight is 344 g/mol. The van der Waals surface area contributed by atoms with Crippen molar-refractivity contribution in [2.75, 3.05) is 38.7 Å². The minimum absolute atomic E-state index is 0.0736. The second-order valence-electron chi connectivity index (χ2n) is 6.81. The maximum Gasteiger partial charge on any atom is 0.270 e. The van der Waals surface area contributed by atoms with Crippen LogP contribution in [0.4, 0.5) is 11.4 Å². The Morgan fingerprint density at radius 2 is 2.12 bits per heavy atom. The summed E-state index contributed by atoms with van der Waals surface area (Å²) in [5.74, 6) is 0. The summed E-state index contributed by atoms with van der Waals surface area (Å²) in [4.78, 5) is 15.2. The monoisotopic (exact) mass is 344 g/mol. The topological polar surface area (TPSA) is 89.3 Å². The third-order valence-electron chi connectivity index (χ3n) is 4.90.